The van der Waals surface area contributed by atoms with Crippen LogP contribution in [0.3, 0.4) is 0 Å². The minimum absolute atomic E-state index is 0.0252. The van der Waals surface area contributed by atoms with E-state index in [1.54, 1.807) is 18.3 Å². The number of carbonyl (C=O) groups excluding carboxylic acids is 1. The summed E-state index contributed by atoms with van der Waals surface area (Å²) in [7, 11) is 0. The van der Waals surface area contributed by atoms with Gasteiger partial charge in [0.05, 0.1) is 17.3 Å². The number of hydrogen-bond acceptors (Lipinski definition) is 4. The SMILES string of the molecule is CC1OCCC1(C)NC(=O)c1ccnc(CN)c1. The van der Waals surface area contributed by atoms with Crippen molar-refractivity contribution in [2.75, 3.05) is 6.61 Å². The molecule has 18 heavy (non-hydrogen) atoms. The highest BCUT2D eigenvalue weighted by atomic mass is 16.5. The van der Waals surface area contributed by atoms with E-state index in [4.69, 9.17) is 10.5 Å². The molecule has 5 heteroatoms. The van der Waals surface area contributed by atoms with Crippen molar-refractivity contribution in [1.82, 2.24) is 10.3 Å². The number of nitrogens with two attached hydrogens (primary N) is 1. The second kappa shape index (κ2) is 5.04. The van der Waals surface area contributed by atoms with Crippen LogP contribution in [0.2, 0.25) is 0 Å². The maximum Gasteiger partial charge on any atom is 0.251 e. The molecule has 1 aliphatic heterocycles. The summed E-state index contributed by atoms with van der Waals surface area (Å²) in [6, 6.07) is 3.41. The van der Waals surface area contributed by atoms with Gasteiger partial charge in [0.1, 0.15) is 0 Å². The first kappa shape index (κ1) is 13.0. The van der Waals surface area contributed by atoms with Gasteiger partial charge in [-0.25, -0.2) is 0 Å². The number of rotatable bonds is 3. The van der Waals surface area contributed by atoms with Gasteiger partial charge in [0.25, 0.3) is 5.91 Å². The largest absolute Gasteiger partial charge is 0.376 e. The Kier molecular flexibility index (Phi) is 3.63. The van der Waals surface area contributed by atoms with E-state index in [9.17, 15) is 4.79 Å². The Morgan fingerprint density at radius 2 is 2.50 bits per heavy atom. The Bertz CT molecular complexity index is 450. The van der Waals surface area contributed by atoms with Gasteiger partial charge >= 0.3 is 0 Å². The van der Waals surface area contributed by atoms with Crippen molar-refractivity contribution in [1.29, 1.82) is 0 Å². The second-order valence-electron chi connectivity index (χ2n) is 4.87. The van der Waals surface area contributed by atoms with Crippen molar-refractivity contribution in [2.24, 2.45) is 5.73 Å². The summed E-state index contributed by atoms with van der Waals surface area (Å²) < 4.78 is 5.50. The number of ether oxygens (including phenoxy) is 1. The molecule has 1 aromatic rings. The first-order valence-corrected chi connectivity index (χ1v) is 6.14. The minimum atomic E-state index is -0.302. The zero-order valence-corrected chi connectivity index (χ0v) is 10.8. The maximum atomic E-state index is 12.2. The molecule has 1 aliphatic rings. The molecule has 0 aliphatic carbocycles. The van der Waals surface area contributed by atoms with Gasteiger partial charge in [0, 0.05) is 24.9 Å². The molecule has 0 radical (unpaired) electrons. The Balaban J connectivity index is 2.12. The van der Waals surface area contributed by atoms with E-state index in [0.29, 0.717) is 24.4 Å². The molecule has 0 saturated carbocycles. The van der Waals surface area contributed by atoms with Crippen LogP contribution in [0.1, 0.15) is 36.3 Å². The van der Waals surface area contributed by atoms with Crippen LogP contribution < -0.4 is 11.1 Å². The second-order valence-corrected chi connectivity index (χ2v) is 4.87. The highest BCUT2D eigenvalue weighted by Crippen LogP contribution is 2.25. The summed E-state index contributed by atoms with van der Waals surface area (Å²) >= 11 is 0. The van der Waals surface area contributed by atoms with Crippen LogP contribution in [0, 0.1) is 0 Å². The van der Waals surface area contributed by atoms with Crippen molar-refractivity contribution in [2.45, 2.75) is 38.5 Å². The number of pyridine rings is 1. The Morgan fingerprint density at radius 3 is 3.11 bits per heavy atom. The molecule has 0 spiro atoms. The van der Waals surface area contributed by atoms with Crippen LogP contribution in [0.15, 0.2) is 18.3 Å². The van der Waals surface area contributed by atoms with Crippen LogP contribution in [0.25, 0.3) is 0 Å². The van der Waals surface area contributed by atoms with Crippen LogP contribution in [0.4, 0.5) is 0 Å². The highest BCUT2D eigenvalue weighted by Gasteiger charge is 2.38. The number of amides is 1. The number of carbonyl (C=O) groups is 1. The molecule has 98 valence electrons. The third-order valence-electron chi connectivity index (χ3n) is 3.57. The van der Waals surface area contributed by atoms with Crippen LogP contribution in [0.5, 0.6) is 0 Å². The number of nitrogens with one attached hydrogen (secondary N) is 1. The molecule has 1 aromatic heterocycles. The molecule has 1 amide bonds. The average Bonchev–Trinajstić information content (AvgIpc) is 2.69. The zero-order chi connectivity index (χ0) is 13.2. The monoisotopic (exact) mass is 249 g/mol. The first-order chi connectivity index (χ1) is 8.55. The van der Waals surface area contributed by atoms with Gasteiger partial charge in [0.15, 0.2) is 0 Å². The van der Waals surface area contributed by atoms with Gasteiger partial charge in [-0.1, -0.05) is 0 Å². The van der Waals surface area contributed by atoms with Gasteiger partial charge in [-0.3, -0.25) is 9.78 Å². The molecule has 2 rings (SSSR count). The summed E-state index contributed by atoms with van der Waals surface area (Å²) in [6.45, 7) is 5.00. The van der Waals surface area contributed by atoms with Crippen molar-refractivity contribution in [3.63, 3.8) is 0 Å². The van der Waals surface area contributed by atoms with Crippen LogP contribution in [-0.4, -0.2) is 29.1 Å². The molecule has 1 fully saturated rings. The molecule has 0 bridgehead atoms. The molecule has 5 nitrogen and oxygen atoms in total. The van der Waals surface area contributed by atoms with E-state index < -0.39 is 0 Å². The number of hydrogen-bond donors (Lipinski definition) is 2. The smallest absolute Gasteiger partial charge is 0.251 e. The molecule has 2 atom stereocenters. The van der Waals surface area contributed by atoms with E-state index in [2.05, 4.69) is 10.3 Å². The lowest BCUT2D eigenvalue weighted by molar-refractivity contribution is 0.0727. The zero-order valence-electron chi connectivity index (χ0n) is 10.8. The molecule has 2 heterocycles. The molecule has 1 saturated heterocycles. The number of nitrogens with zero attached hydrogens (tertiary/aromatic N) is 1. The third kappa shape index (κ3) is 2.52. The van der Waals surface area contributed by atoms with E-state index >= 15 is 0 Å². The molecule has 3 N–H and O–H groups in total. The lowest BCUT2D eigenvalue weighted by Crippen LogP contribution is -2.50. The normalized spacial score (nSPS) is 27.2. The lowest BCUT2D eigenvalue weighted by atomic mass is 9.94. The van der Waals surface area contributed by atoms with Gasteiger partial charge in [0.2, 0.25) is 0 Å². The van der Waals surface area contributed by atoms with Crippen molar-refractivity contribution in [3.05, 3.63) is 29.6 Å². The quantitative estimate of drug-likeness (QED) is 0.832. The van der Waals surface area contributed by atoms with Gasteiger partial charge in [-0.15, -0.1) is 0 Å². The van der Waals surface area contributed by atoms with E-state index in [-0.39, 0.29) is 17.6 Å². The van der Waals surface area contributed by atoms with Gasteiger partial charge < -0.3 is 15.8 Å². The predicted octanol–water partition coefficient (Wildman–Crippen LogP) is 0.838. The third-order valence-corrected chi connectivity index (χ3v) is 3.57. The van der Waals surface area contributed by atoms with Crippen molar-refractivity contribution in [3.8, 4) is 0 Å². The van der Waals surface area contributed by atoms with Crippen molar-refractivity contribution < 1.29 is 9.53 Å². The molecule has 2 unspecified atom stereocenters. The summed E-state index contributed by atoms with van der Waals surface area (Å²) in [6.07, 6.45) is 2.46. The van der Waals surface area contributed by atoms with Gasteiger partial charge in [-0.05, 0) is 32.4 Å². The summed E-state index contributed by atoms with van der Waals surface area (Å²) in [5.41, 5.74) is 6.51. The fourth-order valence-electron chi connectivity index (χ4n) is 2.06. The molecular formula is C13H19N3O2. The van der Waals surface area contributed by atoms with E-state index in [1.165, 1.54) is 0 Å². The summed E-state index contributed by atoms with van der Waals surface area (Å²) in [5, 5.41) is 3.04. The topological polar surface area (TPSA) is 77.2 Å². The van der Waals surface area contributed by atoms with Crippen LogP contribution in [-0.2, 0) is 11.3 Å². The summed E-state index contributed by atoms with van der Waals surface area (Å²) in [5.74, 6) is -0.105. The van der Waals surface area contributed by atoms with Crippen molar-refractivity contribution >= 4 is 5.91 Å². The van der Waals surface area contributed by atoms with Crippen LogP contribution >= 0.6 is 0 Å². The fraction of sp³-hybridized carbons (Fsp3) is 0.538. The maximum absolute atomic E-state index is 12.2. The summed E-state index contributed by atoms with van der Waals surface area (Å²) in [4.78, 5) is 16.3. The lowest BCUT2D eigenvalue weighted by Gasteiger charge is -2.28. The predicted molar refractivity (Wildman–Crippen MR) is 68.0 cm³/mol. The minimum Gasteiger partial charge on any atom is -0.376 e. The standard InChI is InChI=1S/C13H19N3O2/c1-9-13(2,4-6-18-9)16-12(17)10-3-5-15-11(7-10)8-14/h3,5,7,9H,4,6,8,14H2,1-2H3,(H,16,17). The van der Waals surface area contributed by atoms with E-state index in [1.807, 2.05) is 13.8 Å². The highest BCUT2D eigenvalue weighted by molar-refractivity contribution is 5.94. The molecule has 0 aromatic carbocycles. The first-order valence-electron chi connectivity index (χ1n) is 6.14. The number of aromatic nitrogens is 1. The Morgan fingerprint density at radius 1 is 1.72 bits per heavy atom. The Labute approximate surface area is 107 Å². The molecular weight excluding hydrogens is 230 g/mol. The fourth-order valence-corrected chi connectivity index (χ4v) is 2.06. The average molecular weight is 249 g/mol. The van der Waals surface area contributed by atoms with Gasteiger partial charge in [-0.2, -0.15) is 0 Å². The van der Waals surface area contributed by atoms with E-state index in [0.717, 1.165) is 6.42 Å². The Hall–Kier alpha value is -1.46.